The quantitative estimate of drug-likeness (QED) is 0.844. The Kier molecular flexibility index (Phi) is 5.51. The molecule has 1 amide bonds. The first-order valence-corrected chi connectivity index (χ1v) is 7.74. The van der Waals surface area contributed by atoms with Crippen molar-refractivity contribution in [2.24, 2.45) is 0 Å². The molecule has 1 aliphatic heterocycles. The summed E-state index contributed by atoms with van der Waals surface area (Å²) in [6.45, 7) is 6.53. The number of nitrogens with zero attached hydrogens (tertiary/aromatic N) is 1. The maximum absolute atomic E-state index is 12.2. The van der Waals surface area contributed by atoms with E-state index in [4.69, 9.17) is 0 Å². The van der Waals surface area contributed by atoms with Crippen molar-refractivity contribution in [3.63, 3.8) is 0 Å². The molecule has 1 fully saturated rings. The number of hydrogen-bond acceptors (Lipinski definition) is 3. The third-order valence-corrected chi connectivity index (χ3v) is 4.07. The predicted molar refractivity (Wildman–Crippen MR) is 83.4 cm³/mol. The van der Waals surface area contributed by atoms with Crippen LogP contribution in [0.5, 0.6) is 0 Å². The van der Waals surface area contributed by atoms with Crippen LogP contribution in [0, 0.1) is 0 Å². The molecule has 0 radical (unpaired) electrons. The third kappa shape index (κ3) is 4.14. The number of rotatable bonds is 5. The second-order valence-electron chi connectivity index (χ2n) is 5.61. The molecule has 1 unspecified atom stereocenters. The number of ketones is 1. The Labute approximate surface area is 126 Å². The fourth-order valence-electron chi connectivity index (χ4n) is 2.65. The Hall–Kier alpha value is -1.68. The number of aryl methyl sites for hydroxylation is 1. The van der Waals surface area contributed by atoms with Gasteiger partial charge in [-0.1, -0.05) is 31.2 Å². The Morgan fingerprint density at radius 2 is 1.95 bits per heavy atom. The van der Waals surface area contributed by atoms with E-state index in [2.05, 4.69) is 12.2 Å². The molecular formula is C17H24N2O2. The molecule has 1 aliphatic rings. The maximum atomic E-state index is 12.2. The van der Waals surface area contributed by atoms with Gasteiger partial charge in [-0.05, 0) is 18.9 Å². The van der Waals surface area contributed by atoms with Gasteiger partial charge < -0.3 is 10.2 Å². The second-order valence-corrected chi connectivity index (χ2v) is 5.61. The highest BCUT2D eigenvalue weighted by atomic mass is 16.2. The monoisotopic (exact) mass is 288 g/mol. The van der Waals surface area contributed by atoms with Crippen LogP contribution in [0.15, 0.2) is 24.3 Å². The average molecular weight is 288 g/mol. The van der Waals surface area contributed by atoms with E-state index in [0.717, 1.165) is 26.1 Å². The summed E-state index contributed by atoms with van der Waals surface area (Å²) in [6, 6.07) is 7.89. The molecule has 1 heterocycles. The third-order valence-electron chi connectivity index (χ3n) is 4.07. The van der Waals surface area contributed by atoms with Gasteiger partial charge in [0.25, 0.3) is 0 Å². The number of hydrogen-bond donors (Lipinski definition) is 1. The number of nitrogens with one attached hydrogen (secondary N) is 1. The first-order valence-electron chi connectivity index (χ1n) is 7.74. The van der Waals surface area contributed by atoms with Gasteiger partial charge in [0.15, 0.2) is 5.78 Å². The number of piperazine rings is 1. The SMILES string of the molecule is CCc1ccc(C(=O)CCC(=O)N2CCNCC2C)cc1. The molecule has 0 bridgehead atoms. The topological polar surface area (TPSA) is 49.4 Å². The zero-order chi connectivity index (χ0) is 15.2. The van der Waals surface area contributed by atoms with E-state index in [9.17, 15) is 9.59 Å². The molecule has 4 nitrogen and oxygen atoms in total. The van der Waals surface area contributed by atoms with Crippen LogP contribution in [0.2, 0.25) is 0 Å². The van der Waals surface area contributed by atoms with E-state index in [0.29, 0.717) is 18.4 Å². The second kappa shape index (κ2) is 7.36. The fraction of sp³-hybridized carbons (Fsp3) is 0.529. The van der Waals surface area contributed by atoms with Crippen molar-refractivity contribution < 1.29 is 9.59 Å². The summed E-state index contributed by atoms with van der Waals surface area (Å²) in [5.41, 5.74) is 1.92. The van der Waals surface area contributed by atoms with E-state index in [1.165, 1.54) is 5.56 Å². The summed E-state index contributed by atoms with van der Waals surface area (Å²) in [5.74, 6) is 0.135. The lowest BCUT2D eigenvalue weighted by Gasteiger charge is -2.34. The van der Waals surface area contributed by atoms with Crippen molar-refractivity contribution in [3.05, 3.63) is 35.4 Å². The average Bonchev–Trinajstić information content (AvgIpc) is 2.52. The Morgan fingerprint density at radius 3 is 2.57 bits per heavy atom. The van der Waals surface area contributed by atoms with Gasteiger partial charge in [-0.25, -0.2) is 0 Å². The van der Waals surface area contributed by atoms with Crippen LogP contribution in [0.25, 0.3) is 0 Å². The molecule has 1 aromatic carbocycles. The summed E-state index contributed by atoms with van der Waals surface area (Å²) in [6.07, 6.45) is 1.56. The highest BCUT2D eigenvalue weighted by Crippen LogP contribution is 2.11. The minimum Gasteiger partial charge on any atom is -0.337 e. The lowest BCUT2D eigenvalue weighted by Crippen LogP contribution is -2.52. The first-order chi connectivity index (χ1) is 10.1. The molecule has 0 aliphatic carbocycles. The predicted octanol–water partition coefficient (Wildman–Crippen LogP) is 2.03. The molecule has 0 saturated carbocycles. The van der Waals surface area contributed by atoms with Crippen LogP contribution in [0.4, 0.5) is 0 Å². The minimum absolute atomic E-state index is 0.0498. The zero-order valence-electron chi connectivity index (χ0n) is 12.9. The molecule has 114 valence electrons. The number of benzene rings is 1. The van der Waals surface area contributed by atoms with Gasteiger partial charge in [-0.3, -0.25) is 9.59 Å². The minimum atomic E-state index is 0.0498. The van der Waals surface area contributed by atoms with Gasteiger partial charge in [0.2, 0.25) is 5.91 Å². The number of amides is 1. The highest BCUT2D eigenvalue weighted by molar-refractivity contribution is 5.98. The molecule has 1 aromatic rings. The van der Waals surface area contributed by atoms with Crippen molar-refractivity contribution in [2.75, 3.05) is 19.6 Å². The van der Waals surface area contributed by atoms with Gasteiger partial charge in [-0.15, -0.1) is 0 Å². The molecule has 0 spiro atoms. The summed E-state index contributed by atoms with van der Waals surface area (Å²) in [7, 11) is 0. The standard InChI is InChI=1S/C17H24N2O2/c1-3-14-4-6-15(7-5-14)16(20)8-9-17(21)19-11-10-18-12-13(19)2/h4-7,13,18H,3,8-12H2,1-2H3. The molecule has 21 heavy (non-hydrogen) atoms. The Morgan fingerprint density at radius 1 is 1.24 bits per heavy atom. The first kappa shape index (κ1) is 15.7. The summed E-state index contributed by atoms with van der Waals surface area (Å²) < 4.78 is 0. The van der Waals surface area contributed by atoms with E-state index < -0.39 is 0 Å². The number of Topliss-reactive ketones (excluding diaryl/α,β-unsaturated/α-hetero) is 1. The number of carbonyl (C=O) groups is 2. The Bertz CT molecular complexity index is 496. The van der Waals surface area contributed by atoms with Crippen LogP contribution in [0.1, 0.15) is 42.6 Å². The van der Waals surface area contributed by atoms with Crippen molar-refractivity contribution >= 4 is 11.7 Å². The van der Waals surface area contributed by atoms with Crippen LogP contribution < -0.4 is 5.32 Å². The summed E-state index contributed by atoms with van der Waals surface area (Å²) in [4.78, 5) is 26.2. The van der Waals surface area contributed by atoms with Gasteiger partial charge in [0.05, 0.1) is 0 Å². The van der Waals surface area contributed by atoms with Crippen molar-refractivity contribution in [2.45, 2.75) is 39.2 Å². The molecule has 1 saturated heterocycles. The van der Waals surface area contributed by atoms with E-state index >= 15 is 0 Å². The van der Waals surface area contributed by atoms with Crippen molar-refractivity contribution in [3.8, 4) is 0 Å². The molecular weight excluding hydrogens is 264 g/mol. The largest absolute Gasteiger partial charge is 0.337 e. The molecule has 2 rings (SSSR count). The number of carbonyl (C=O) groups excluding carboxylic acids is 2. The molecule has 1 N–H and O–H groups in total. The van der Waals surface area contributed by atoms with E-state index in [1.807, 2.05) is 36.1 Å². The summed E-state index contributed by atoms with van der Waals surface area (Å²) >= 11 is 0. The van der Waals surface area contributed by atoms with Crippen LogP contribution in [0.3, 0.4) is 0 Å². The van der Waals surface area contributed by atoms with Gasteiger partial charge in [-0.2, -0.15) is 0 Å². The van der Waals surface area contributed by atoms with Gasteiger partial charge >= 0.3 is 0 Å². The van der Waals surface area contributed by atoms with Crippen molar-refractivity contribution in [1.29, 1.82) is 0 Å². The normalized spacial score (nSPS) is 18.6. The van der Waals surface area contributed by atoms with E-state index in [1.54, 1.807) is 0 Å². The molecule has 1 atom stereocenters. The van der Waals surface area contributed by atoms with Crippen LogP contribution >= 0.6 is 0 Å². The van der Waals surface area contributed by atoms with E-state index in [-0.39, 0.29) is 17.7 Å². The lowest BCUT2D eigenvalue weighted by atomic mass is 10.0. The Balaban J connectivity index is 1.86. The molecule has 4 heteroatoms. The van der Waals surface area contributed by atoms with Crippen molar-refractivity contribution in [1.82, 2.24) is 10.2 Å². The maximum Gasteiger partial charge on any atom is 0.223 e. The zero-order valence-corrected chi connectivity index (χ0v) is 12.9. The smallest absolute Gasteiger partial charge is 0.223 e. The molecule has 0 aromatic heterocycles. The van der Waals surface area contributed by atoms with Crippen LogP contribution in [-0.4, -0.2) is 42.3 Å². The van der Waals surface area contributed by atoms with Gasteiger partial charge in [0.1, 0.15) is 0 Å². The lowest BCUT2D eigenvalue weighted by molar-refractivity contribution is -0.133. The highest BCUT2D eigenvalue weighted by Gasteiger charge is 2.23. The fourth-order valence-corrected chi connectivity index (χ4v) is 2.65. The van der Waals surface area contributed by atoms with Crippen LogP contribution in [-0.2, 0) is 11.2 Å². The van der Waals surface area contributed by atoms with Gasteiger partial charge in [0, 0.05) is 44.1 Å². The summed E-state index contributed by atoms with van der Waals surface area (Å²) in [5, 5.41) is 3.26.